The summed E-state index contributed by atoms with van der Waals surface area (Å²) in [7, 11) is 0. The van der Waals surface area contributed by atoms with Crippen molar-refractivity contribution in [1.29, 1.82) is 0 Å². The van der Waals surface area contributed by atoms with Gasteiger partial charge < -0.3 is 10.2 Å². The third-order valence-electron chi connectivity index (χ3n) is 5.41. The number of amides is 2. The molecule has 0 aromatic heterocycles. The lowest BCUT2D eigenvalue weighted by Crippen LogP contribution is -2.48. The monoisotopic (exact) mass is 346 g/mol. The third kappa shape index (κ3) is 5.03. The number of rotatable bonds is 4. The Balaban J connectivity index is 1.43. The van der Waals surface area contributed by atoms with Crippen LogP contribution >= 0.6 is 0 Å². The van der Waals surface area contributed by atoms with Gasteiger partial charge in [0.2, 0.25) is 11.8 Å². The fraction of sp³-hybridized carbons (Fsp3) is 0.600. The molecule has 136 valence electrons. The molecule has 4 nitrogen and oxygen atoms in total. The van der Waals surface area contributed by atoms with Crippen molar-refractivity contribution in [3.8, 4) is 0 Å². The summed E-state index contributed by atoms with van der Waals surface area (Å²) < 4.78 is 13.2. The van der Waals surface area contributed by atoms with E-state index in [0.717, 1.165) is 38.5 Å². The minimum absolute atomic E-state index is 0.0302. The normalized spacial score (nSPS) is 19.6. The van der Waals surface area contributed by atoms with Crippen molar-refractivity contribution >= 4 is 11.8 Å². The van der Waals surface area contributed by atoms with Gasteiger partial charge in [0, 0.05) is 25.0 Å². The quantitative estimate of drug-likeness (QED) is 0.911. The zero-order valence-electron chi connectivity index (χ0n) is 14.7. The molecule has 1 saturated carbocycles. The number of hydrogen-bond acceptors (Lipinski definition) is 2. The molecule has 2 amide bonds. The van der Waals surface area contributed by atoms with Crippen molar-refractivity contribution in [2.75, 3.05) is 13.1 Å². The van der Waals surface area contributed by atoms with Gasteiger partial charge in [0.25, 0.3) is 0 Å². The number of nitrogens with zero attached hydrogens (tertiary/aromatic N) is 1. The first-order valence-corrected chi connectivity index (χ1v) is 9.44. The summed E-state index contributed by atoms with van der Waals surface area (Å²) in [5.74, 6) is 0.0997. The predicted molar refractivity (Wildman–Crippen MR) is 94.4 cm³/mol. The highest BCUT2D eigenvalue weighted by molar-refractivity contribution is 5.80. The molecule has 0 spiro atoms. The smallest absolute Gasteiger partial charge is 0.226 e. The van der Waals surface area contributed by atoms with E-state index in [-0.39, 0.29) is 36.0 Å². The van der Waals surface area contributed by atoms with Gasteiger partial charge >= 0.3 is 0 Å². The van der Waals surface area contributed by atoms with E-state index < -0.39 is 0 Å². The molecule has 1 saturated heterocycles. The molecule has 1 N–H and O–H groups in total. The second-order valence-corrected chi connectivity index (χ2v) is 7.31. The highest BCUT2D eigenvalue weighted by atomic mass is 19.1. The summed E-state index contributed by atoms with van der Waals surface area (Å²) in [6.07, 6.45) is 7.41. The van der Waals surface area contributed by atoms with Crippen molar-refractivity contribution in [1.82, 2.24) is 10.2 Å². The van der Waals surface area contributed by atoms with Crippen LogP contribution in [0.2, 0.25) is 0 Å². The van der Waals surface area contributed by atoms with Crippen molar-refractivity contribution in [3.05, 3.63) is 35.6 Å². The van der Waals surface area contributed by atoms with Gasteiger partial charge in [0.1, 0.15) is 5.82 Å². The van der Waals surface area contributed by atoms with E-state index in [4.69, 9.17) is 0 Å². The van der Waals surface area contributed by atoms with E-state index in [1.807, 2.05) is 4.90 Å². The largest absolute Gasteiger partial charge is 0.353 e. The minimum atomic E-state index is -0.311. The zero-order valence-corrected chi connectivity index (χ0v) is 14.7. The molecule has 1 aromatic rings. The van der Waals surface area contributed by atoms with Gasteiger partial charge in [0.15, 0.2) is 0 Å². The third-order valence-corrected chi connectivity index (χ3v) is 5.41. The van der Waals surface area contributed by atoms with E-state index in [2.05, 4.69) is 5.32 Å². The summed E-state index contributed by atoms with van der Waals surface area (Å²) >= 11 is 0. The fourth-order valence-corrected chi connectivity index (χ4v) is 3.89. The summed E-state index contributed by atoms with van der Waals surface area (Å²) in [4.78, 5) is 26.5. The molecular weight excluding hydrogens is 319 g/mol. The molecule has 5 heteroatoms. The summed E-state index contributed by atoms with van der Waals surface area (Å²) in [6.45, 7) is 1.31. The number of carbonyl (C=O) groups is 2. The Bertz CT molecular complexity index is 605. The lowest BCUT2D eigenvalue weighted by atomic mass is 9.88. The van der Waals surface area contributed by atoms with Crippen molar-refractivity contribution in [2.24, 2.45) is 5.92 Å². The Morgan fingerprint density at radius 1 is 1.08 bits per heavy atom. The molecule has 25 heavy (non-hydrogen) atoms. The molecule has 2 aliphatic rings. The lowest BCUT2D eigenvalue weighted by molar-refractivity contribution is -0.131. The number of carbonyl (C=O) groups excluding carboxylic acids is 2. The van der Waals surface area contributed by atoms with Crippen LogP contribution in [0.15, 0.2) is 24.3 Å². The first-order chi connectivity index (χ1) is 12.1. The first-order valence-electron chi connectivity index (χ1n) is 9.44. The summed E-state index contributed by atoms with van der Waals surface area (Å²) in [5, 5.41) is 3.18. The Kier molecular flexibility index (Phi) is 6.05. The molecule has 1 aromatic carbocycles. The van der Waals surface area contributed by atoms with Gasteiger partial charge in [0.05, 0.1) is 6.42 Å². The van der Waals surface area contributed by atoms with E-state index >= 15 is 0 Å². The molecular formula is C20H27FN2O2. The fourth-order valence-electron chi connectivity index (χ4n) is 3.89. The maximum absolute atomic E-state index is 13.2. The number of likely N-dealkylation sites (tertiary alicyclic amines) is 1. The molecule has 1 heterocycles. The molecule has 0 unspecified atom stereocenters. The van der Waals surface area contributed by atoms with Crippen LogP contribution in [0.4, 0.5) is 4.39 Å². The van der Waals surface area contributed by atoms with Crippen LogP contribution in [0.3, 0.4) is 0 Å². The van der Waals surface area contributed by atoms with E-state index in [1.165, 1.54) is 18.6 Å². The van der Waals surface area contributed by atoms with Gasteiger partial charge in [-0.2, -0.15) is 0 Å². The summed E-state index contributed by atoms with van der Waals surface area (Å²) in [5.41, 5.74) is 0.706. The molecule has 1 aliphatic carbocycles. The molecule has 1 aliphatic heterocycles. The Morgan fingerprint density at radius 2 is 1.80 bits per heavy atom. The van der Waals surface area contributed by atoms with Crippen molar-refractivity contribution < 1.29 is 14.0 Å². The van der Waals surface area contributed by atoms with Crippen LogP contribution in [0.5, 0.6) is 0 Å². The lowest BCUT2D eigenvalue weighted by Gasteiger charge is -2.33. The van der Waals surface area contributed by atoms with Crippen molar-refractivity contribution in [3.63, 3.8) is 0 Å². The van der Waals surface area contributed by atoms with Crippen LogP contribution in [0, 0.1) is 11.7 Å². The molecule has 2 fully saturated rings. The van der Waals surface area contributed by atoms with Crippen LogP contribution in [0.25, 0.3) is 0 Å². The number of halogens is 1. The first kappa shape index (κ1) is 17.9. The number of benzene rings is 1. The van der Waals surface area contributed by atoms with Gasteiger partial charge in [-0.3, -0.25) is 9.59 Å². The van der Waals surface area contributed by atoms with Crippen LogP contribution in [0.1, 0.15) is 50.5 Å². The maximum Gasteiger partial charge on any atom is 0.226 e. The second-order valence-electron chi connectivity index (χ2n) is 7.31. The van der Waals surface area contributed by atoms with Gasteiger partial charge in [-0.25, -0.2) is 4.39 Å². The predicted octanol–water partition coefficient (Wildman–Crippen LogP) is 3.06. The van der Waals surface area contributed by atoms with Crippen LogP contribution in [-0.2, 0) is 16.0 Å². The van der Waals surface area contributed by atoms with Gasteiger partial charge in [-0.05, 0) is 43.4 Å². The molecule has 0 radical (unpaired) electrons. The van der Waals surface area contributed by atoms with Gasteiger partial charge in [-0.15, -0.1) is 0 Å². The number of hydrogen-bond donors (Lipinski definition) is 1. The topological polar surface area (TPSA) is 49.4 Å². The zero-order chi connectivity index (χ0) is 17.6. The SMILES string of the molecule is O=C(NC1CCN(C(=O)Cc2cccc(F)c2)CC1)C1CCCCC1. The van der Waals surface area contributed by atoms with Crippen molar-refractivity contribution in [2.45, 2.75) is 57.4 Å². The summed E-state index contributed by atoms with van der Waals surface area (Å²) in [6, 6.07) is 6.37. The maximum atomic E-state index is 13.2. The van der Waals surface area contributed by atoms with Gasteiger partial charge in [-0.1, -0.05) is 31.4 Å². The highest BCUT2D eigenvalue weighted by Gasteiger charge is 2.27. The molecule has 0 bridgehead atoms. The molecule has 3 rings (SSSR count). The average molecular weight is 346 g/mol. The van der Waals surface area contributed by atoms with Crippen LogP contribution < -0.4 is 5.32 Å². The number of piperidine rings is 1. The van der Waals surface area contributed by atoms with Crippen LogP contribution in [-0.4, -0.2) is 35.8 Å². The highest BCUT2D eigenvalue weighted by Crippen LogP contribution is 2.24. The second kappa shape index (κ2) is 8.45. The number of nitrogens with one attached hydrogen (secondary N) is 1. The molecule has 0 atom stereocenters. The van der Waals surface area contributed by atoms with E-state index in [9.17, 15) is 14.0 Å². The Labute approximate surface area is 148 Å². The Morgan fingerprint density at radius 3 is 2.48 bits per heavy atom. The van der Waals surface area contributed by atoms with E-state index in [0.29, 0.717) is 18.7 Å². The minimum Gasteiger partial charge on any atom is -0.353 e. The average Bonchev–Trinajstić information content (AvgIpc) is 2.63. The standard InChI is InChI=1S/C20H27FN2O2/c21-17-8-4-5-15(13-17)14-19(24)23-11-9-18(10-12-23)22-20(25)16-6-2-1-3-7-16/h4-5,8,13,16,18H,1-3,6-7,9-12,14H2,(H,22,25). The van der Waals surface area contributed by atoms with E-state index in [1.54, 1.807) is 12.1 Å². The Hall–Kier alpha value is -1.91.